The Hall–Kier alpha value is -9.50. The van der Waals surface area contributed by atoms with Gasteiger partial charge >= 0.3 is 18.5 Å². The Kier molecular flexibility index (Phi) is 21.7. The lowest BCUT2D eigenvalue weighted by Gasteiger charge is -2.15. The highest BCUT2D eigenvalue weighted by molar-refractivity contribution is 7.93. The number of carbonyl (C=O) groups is 3. The number of benzene rings is 3. The van der Waals surface area contributed by atoms with Crippen molar-refractivity contribution in [2.75, 3.05) is 14.2 Å². The van der Waals surface area contributed by atoms with Crippen LogP contribution >= 0.6 is 46.4 Å². The van der Waals surface area contributed by atoms with E-state index >= 15 is 0 Å². The number of fused-ring (bicyclic) bond motifs is 3. The maximum Gasteiger partial charge on any atom is 0.417 e. The molecule has 0 saturated carbocycles. The van der Waals surface area contributed by atoms with Crippen molar-refractivity contribution in [2.24, 2.45) is 0 Å². The molecule has 0 fully saturated rings. The first-order valence-electron chi connectivity index (χ1n) is 28.1. The highest BCUT2D eigenvalue weighted by Gasteiger charge is 2.38. The zero-order valence-electron chi connectivity index (χ0n) is 50.1. The molecule has 0 unspecified atom stereocenters. The fourth-order valence-electron chi connectivity index (χ4n) is 9.94. The van der Waals surface area contributed by atoms with Crippen molar-refractivity contribution >= 4 is 129 Å². The third-order valence-corrected chi connectivity index (χ3v) is 19.8. The average molecular weight is 1520 g/mol. The van der Waals surface area contributed by atoms with Crippen LogP contribution in [-0.2, 0) is 67.9 Å². The number of ketones is 3. The Morgan fingerprint density at radius 2 is 0.750 bits per heavy atom. The minimum atomic E-state index is -4.86. The summed E-state index contributed by atoms with van der Waals surface area (Å²) < 4.78 is 203. The summed E-state index contributed by atoms with van der Waals surface area (Å²) in [5.74, 6) is -1.82. The Morgan fingerprint density at radius 1 is 0.410 bits per heavy atom. The van der Waals surface area contributed by atoms with Gasteiger partial charge in [0.15, 0.2) is 0 Å². The van der Waals surface area contributed by atoms with Crippen LogP contribution in [0.4, 0.5) is 56.6 Å². The molecule has 19 nitrogen and oxygen atoms in total. The van der Waals surface area contributed by atoms with E-state index in [9.17, 15) is 79.2 Å². The van der Waals surface area contributed by atoms with Crippen LogP contribution < -0.4 is 14.2 Å². The number of aromatic nitrogens is 7. The lowest BCUT2D eigenvalue weighted by molar-refractivity contribution is -0.138. The van der Waals surface area contributed by atoms with Crippen molar-refractivity contribution in [2.45, 2.75) is 73.8 Å². The smallest absolute Gasteiger partial charge is 0.287 e. The van der Waals surface area contributed by atoms with Gasteiger partial charge in [-0.3, -0.25) is 48.5 Å². The Morgan fingerprint density at radius 3 is 1.13 bits per heavy atom. The van der Waals surface area contributed by atoms with Gasteiger partial charge in [-0.2, -0.15) is 39.5 Å². The minimum absolute atomic E-state index is 0. The van der Waals surface area contributed by atoms with Gasteiger partial charge in [-0.15, -0.1) is 0 Å². The number of alkyl halides is 9. The molecule has 0 atom stereocenters. The van der Waals surface area contributed by atoms with Gasteiger partial charge in [-0.05, 0) is 110 Å². The minimum Gasteiger partial charge on any atom is -0.287 e. The highest BCUT2D eigenvalue weighted by atomic mass is 35.5. The number of hydrogen-bond acceptors (Lipinski definition) is 16. The number of hydrogen-bond donors (Lipinski definition) is 3. The fraction of sp³-hybridized carbons (Fsp3) is 0.138. The molecule has 0 spiro atoms. The molecule has 6 heterocycles. The van der Waals surface area contributed by atoms with Crippen molar-refractivity contribution in [3.05, 3.63) is 256 Å². The standard InChI is InChI=1S/C22H15ClF3N3O3S.C21H12Cl2F3N3O3S.C21H14ClF3N4O3S.CH4/c1-12-9-19(29-33(31,32)13-5-6-17(23)16(10-13)22(24,25)26)20(28-11-12)21(30)15-7-8-27-18-4-2-3-14(15)18;22-11-8-18(29-33(31,32)12-4-5-16(23)15(9-12)21(24,25)26)19(28-10-11)20(30)14-6-7-27-17-3-1-2-13(14)17;1-11-7-17(29-33(31,32)12-5-6-15(22)14(8-12)21(23,24)25)19(26-9-11)20(30)18-13-3-2-4-16(13)27-10-28-18;/h2-3,5-11,29H,4H2,1H3;1-2,4-10,29H,3H2;2-3,5-10,29H,4H2,1H3;1H4. The number of allylic oxidation sites excluding steroid dienone is 3. The van der Waals surface area contributed by atoms with Crippen LogP contribution in [-0.4, -0.2) is 77.5 Å². The summed E-state index contributed by atoms with van der Waals surface area (Å²) in [5.41, 5.74) is 0.0983. The Balaban J connectivity index is 0.000000174. The number of aryl methyl sites for hydroxylation is 2. The number of rotatable bonds is 15. The molecule has 518 valence electrons. The zero-order chi connectivity index (χ0) is 71.9. The number of anilines is 3. The van der Waals surface area contributed by atoms with Gasteiger partial charge in [0.1, 0.15) is 29.1 Å². The van der Waals surface area contributed by atoms with Crippen LogP contribution in [0.2, 0.25) is 20.1 Å². The summed E-state index contributed by atoms with van der Waals surface area (Å²) in [4.78, 5) is 66.3. The molecule has 12 rings (SSSR count). The molecular weight excluding hydrogens is 1470 g/mol. The summed E-state index contributed by atoms with van der Waals surface area (Å²) in [6, 6.07) is 13.5. The van der Waals surface area contributed by atoms with Crippen LogP contribution in [0.1, 0.15) is 117 Å². The van der Waals surface area contributed by atoms with Gasteiger partial charge < -0.3 is 0 Å². The second-order valence-electron chi connectivity index (χ2n) is 21.4. The van der Waals surface area contributed by atoms with E-state index in [0.29, 0.717) is 82.4 Å². The molecule has 0 radical (unpaired) electrons. The number of nitrogens with zero attached hydrogens (tertiary/aromatic N) is 7. The molecule has 0 bridgehead atoms. The number of pyridine rings is 5. The summed E-state index contributed by atoms with van der Waals surface area (Å²) in [6.07, 6.45) is 5.79. The van der Waals surface area contributed by atoms with Crippen LogP contribution in [0.25, 0.3) is 18.2 Å². The summed E-state index contributed by atoms with van der Waals surface area (Å²) in [5, 5.41) is -1.91. The van der Waals surface area contributed by atoms with E-state index in [1.54, 1.807) is 38.2 Å². The predicted octanol–water partition coefficient (Wildman–Crippen LogP) is 15.6. The third kappa shape index (κ3) is 16.4. The first-order valence-corrected chi connectivity index (χ1v) is 34.1. The number of halogens is 13. The molecular formula is C65H45Cl4F9N10O9S3. The molecule has 0 aliphatic heterocycles. The number of sulfonamides is 3. The largest absolute Gasteiger partial charge is 0.417 e. The monoisotopic (exact) mass is 1520 g/mol. The lowest BCUT2D eigenvalue weighted by atomic mass is 10.0. The predicted molar refractivity (Wildman–Crippen MR) is 355 cm³/mol. The quantitative estimate of drug-likeness (QED) is 0.0635. The van der Waals surface area contributed by atoms with Crippen molar-refractivity contribution in [1.29, 1.82) is 0 Å². The number of carbonyl (C=O) groups excluding carboxylic acids is 3. The van der Waals surface area contributed by atoms with Crippen molar-refractivity contribution in [1.82, 2.24) is 34.9 Å². The zero-order valence-corrected chi connectivity index (χ0v) is 55.5. The molecule has 9 aromatic rings. The molecule has 6 aromatic heterocycles. The van der Waals surface area contributed by atoms with Crippen molar-refractivity contribution in [3.8, 4) is 0 Å². The molecule has 35 heteroatoms. The second kappa shape index (κ2) is 29.0. The second-order valence-corrected chi connectivity index (χ2v) is 28.1. The van der Waals surface area contributed by atoms with E-state index in [0.717, 1.165) is 48.7 Å². The topological polar surface area (TPSA) is 280 Å². The first-order chi connectivity index (χ1) is 46.4. The number of nitrogens with one attached hydrogen (secondary N) is 3. The van der Waals surface area contributed by atoms with Gasteiger partial charge in [-0.25, -0.2) is 40.2 Å². The maximum absolute atomic E-state index is 13.3. The molecule has 3 aliphatic carbocycles. The van der Waals surface area contributed by atoms with Crippen LogP contribution in [0.3, 0.4) is 0 Å². The van der Waals surface area contributed by atoms with Gasteiger partial charge in [0, 0.05) is 78.1 Å². The highest BCUT2D eigenvalue weighted by Crippen LogP contribution is 2.40. The fourth-order valence-corrected chi connectivity index (χ4v) is 14.0. The van der Waals surface area contributed by atoms with Gasteiger partial charge in [0.05, 0.1) is 85.6 Å². The van der Waals surface area contributed by atoms with Crippen molar-refractivity contribution < 1.29 is 79.2 Å². The molecule has 3 N–H and O–H groups in total. The van der Waals surface area contributed by atoms with Crippen LogP contribution in [0.15, 0.2) is 155 Å². The van der Waals surface area contributed by atoms with E-state index in [1.807, 2.05) is 12.2 Å². The van der Waals surface area contributed by atoms with E-state index in [-0.39, 0.29) is 63.4 Å². The first kappa shape index (κ1) is 74.7. The van der Waals surface area contributed by atoms with E-state index < -0.39 is 112 Å². The summed E-state index contributed by atoms with van der Waals surface area (Å²) in [6.45, 7) is 3.25. The van der Waals surface area contributed by atoms with Crippen molar-refractivity contribution in [3.63, 3.8) is 0 Å². The Bertz CT molecular complexity index is 4780. The molecule has 0 amide bonds. The molecule has 0 saturated heterocycles. The van der Waals surface area contributed by atoms with E-state index in [4.69, 9.17) is 46.4 Å². The Labute approximate surface area is 583 Å². The van der Waals surface area contributed by atoms with E-state index in [1.165, 1.54) is 55.4 Å². The van der Waals surface area contributed by atoms with Gasteiger partial charge in [0.2, 0.25) is 17.3 Å². The van der Waals surface area contributed by atoms with E-state index in [2.05, 4.69) is 49.1 Å². The molecule has 3 aromatic carbocycles. The maximum atomic E-state index is 13.3. The van der Waals surface area contributed by atoms with Gasteiger partial charge in [-0.1, -0.05) is 90.3 Å². The molecule has 100 heavy (non-hydrogen) atoms. The average Bonchev–Trinajstić information content (AvgIpc) is 0.926. The third-order valence-electron chi connectivity index (χ3n) is 14.5. The van der Waals surface area contributed by atoms with Crippen LogP contribution in [0, 0.1) is 13.8 Å². The molecule has 3 aliphatic rings. The summed E-state index contributed by atoms with van der Waals surface area (Å²) in [7, 11) is -13.6. The lowest BCUT2D eigenvalue weighted by Crippen LogP contribution is -2.19. The van der Waals surface area contributed by atoms with Crippen LogP contribution in [0.5, 0.6) is 0 Å². The normalized spacial score (nSPS) is 13.0. The summed E-state index contributed by atoms with van der Waals surface area (Å²) >= 11 is 22.7. The SMILES string of the molecule is C.Cc1cnc(C(=O)c2ccnc3c2C=CC3)c(NS(=O)(=O)c2ccc(Cl)c(C(F)(F)F)c2)c1.Cc1cnc(C(=O)c2ncnc3c2C=CC3)c(NS(=O)(=O)c2ccc(Cl)c(C(F)(F)F)c2)c1.O=C(c1ccnc2c1C=CC2)c1ncc(Cl)cc1NS(=O)(=O)c1ccc(Cl)c(C(F)(F)F)c1. The van der Waals surface area contributed by atoms with Gasteiger partial charge in [0.25, 0.3) is 30.1 Å².